The van der Waals surface area contributed by atoms with Crippen molar-refractivity contribution in [2.24, 2.45) is 0 Å². The van der Waals surface area contributed by atoms with Crippen molar-refractivity contribution in [1.29, 1.82) is 0 Å². The van der Waals surface area contributed by atoms with Crippen molar-refractivity contribution in [3.63, 3.8) is 0 Å². The topological polar surface area (TPSA) is 58.1 Å². The lowest BCUT2D eigenvalue weighted by Crippen LogP contribution is -2.31. The Hall–Kier alpha value is -1.60. The summed E-state index contributed by atoms with van der Waals surface area (Å²) in [5, 5.41) is 11.7. The molecule has 1 saturated heterocycles. The van der Waals surface area contributed by atoms with Crippen LogP contribution in [-0.4, -0.2) is 41.1 Å². The van der Waals surface area contributed by atoms with Gasteiger partial charge in [-0.15, -0.1) is 10.2 Å². The highest BCUT2D eigenvalue weighted by molar-refractivity contribution is 8.01. The van der Waals surface area contributed by atoms with Crippen LogP contribution in [0.15, 0.2) is 34.7 Å². The zero-order chi connectivity index (χ0) is 15.4. The molecule has 2 aromatic rings. The Morgan fingerprint density at radius 3 is 2.64 bits per heavy atom. The van der Waals surface area contributed by atoms with E-state index < -0.39 is 0 Å². The summed E-state index contributed by atoms with van der Waals surface area (Å²) in [7, 11) is 1.82. The van der Waals surface area contributed by atoms with Gasteiger partial charge in [-0.2, -0.15) is 0 Å². The van der Waals surface area contributed by atoms with Crippen molar-refractivity contribution >= 4 is 34.1 Å². The maximum Gasteiger partial charge on any atom is 0.240 e. The van der Waals surface area contributed by atoms with Crippen LogP contribution in [0.2, 0.25) is 0 Å². The highest BCUT2D eigenvalue weighted by atomic mass is 32.2. The summed E-state index contributed by atoms with van der Waals surface area (Å²) in [6, 6.07) is 9.92. The highest BCUT2D eigenvalue weighted by Crippen LogP contribution is 2.39. The third-order valence-electron chi connectivity index (χ3n) is 3.58. The molecule has 2 heterocycles. The van der Waals surface area contributed by atoms with E-state index in [9.17, 15) is 4.79 Å². The van der Waals surface area contributed by atoms with Crippen LogP contribution >= 0.6 is 23.1 Å². The monoisotopic (exact) mass is 334 g/mol. The van der Waals surface area contributed by atoms with Gasteiger partial charge >= 0.3 is 0 Å². The highest BCUT2D eigenvalue weighted by Gasteiger charge is 2.29. The van der Waals surface area contributed by atoms with E-state index in [1.807, 2.05) is 42.3 Å². The van der Waals surface area contributed by atoms with E-state index in [2.05, 4.69) is 15.5 Å². The molecule has 1 aromatic heterocycles. The minimum absolute atomic E-state index is 0.176. The van der Waals surface area contributed by atoms with Gasteiger partial charge in [-0.25, -0.2) is 0 Å². The van der Waals surface area contributed by atoms with E-state index in [0.29, 0.717) is 0 Å². The molecule has 1 fully saturated rings. The Labute approximate surface area is 138 Å². The van der Waals surface area contributed by atoms with Crippen molar-refractivity contribution < 1.29 is 4.79 Å². The Bertz CT molecular complexity index is 625. The molecule has 1 unspecified atom stereocenters. The first-order chi connectivity index (χ1) is 10.8. The van der Waals surface area contributed by atoms with Crippen molar-refractivity contribution in [1.82, 2.24) is 15.1 Å². The molecule has 1 aliphatic rings. The first-order valence-electron chi connectivity index (χ1n) is 7.29. The van der Waals surface area contributed by atoms with Gasteiger partial charge in [0.2, 0.25) is 11.0 Å². The molecule has 116 valence electrons. The number of benzene rings is 1. The average Bonchev–Trinajstić information content (AvgIpc) is 3.24. The van der Waals surface area contributed by atoms with Crippen LogP contribution in [0, 0.1) is 0 Å². The lowest BCUT2D eigenvalue weighted by molar-refractivity contribution is -0.129. The number of hydrogen-bond acceptors (Lipinski definition) is 6. The standard InChI is InChI=1S/C15H18N4OS2/c1-16-14-17-18-15(22-14)21-12(11-7-3-2-4-8-11)13(20)19-9-5-6-10-19/h2-4,7-8,12H,5-6,9-10H2,1H3,(H,16,17). The van der Waals surface area contributed by atoms with Gasteiger partial charge in [-0.3, -0.25) is 4.79 Å². The molecule has 1 aromatic carbocycles. The first kappa shape index (κ1) is 15.3. The van der Waals surface area contributed by atoms with Crippen LogP contribution in [0.1, 0.15) is 23.7 Å². The summed E-state index contributed by atoms with van der Waals surface area (Å²) in [5.74, 6) is 0.176. The zero-order valence-electron chi connectivity index (χ0n) is 12.4. The Balaban J connectivity index is 1.83. The van der Waals surface area contributed by atoms with Gasteiger partial charge in [0.1, 0.15) is 5.25 Å². The number of carbonyl (C=O) groups excluding carboxylic acids is 1. The lowest BCUT2D eigenvalue weighted by Gasteiger charge is -2.22. The molecule has 22 heavy (non-hydrogen) atoms. The number of aromatic nitrogens is 2. The molecule has 3 rings (SSSR count). The molecule has 0 spiro atoms. The summed E-state index contributed by atoms with van der Waals surface area (Å²) in [6.07, 6.45) is 2.20. The minimum atomic E-state index is -0.253. The maximum atomic E-state index is 12.9. The SMILES string of the molecule is CNc1nnc(SC(C(=O)N2CCCC2)c2ccccc2)s1. The predicted molar refractivity (Wildman–Crippen MR) is 90.3 cm³/mol. The van der Waals surface area contributed by atoms with Crippen LogP contribution in [0.3, 0.4) is 0 Å². The van der Waals surface area contributed by atoms with Crippen LogP contribution < -0.4 is 5.32 Å². The molecule has 0 bridgehead atoms. The van der Waals surface area contributed by atoms with Crippen molar-refractivity contribution in [3.8, 4) is 0 Å². The summed E-state index contributed by atoms with van der Waals surface area (Å²) in [5.41, 5.74) is 1.02. The number of rotatable bonds is 5. The van der Waals surface area contributed by atoms with Crippen LogP contribution in [0.5, 0.6) is 0 Å². The summed E-state index contributed by atoms with van der Waals surface area (Å²) in [6.45, 7) is 1.72. The molecule has 1 atom stereocenters. The molecular weight excluding hydrogens is 316 g/mol. The minimum Gasteiger partial charge on any atom is -0.363 e. The fraction of sp³-hybridized carbons (Fsp3) is 0.400. The van der Waals surface area contributed by atoms with E-state index in [0.717, 1.165) is 41.0 Å². The van der Waals surface area contributed by atoms with Gasteiger partial charge in [0, 0.05) is 20.1 Å². The molecule has 0 saturated carbocycles. The van der Waals surface area contributed by atoms with Crippen molar-refractivity contribution in [3.05, 3.63) is 35.9 Å². The van der Waals surface area contributed by atoms with Gasteiger partial charge in [0.05, 0.1) is 0 Å². The third kappa shape index (κ3) is 3.41. The van der Waals surface area contributed by atoms with Gasteiger partial charge in [-0.1, -0.05) is 53.4 Å². The number of anilines is 1. The second-order valence-corrected chi connectivity index (χ2v) is 7.39. The van der Waals surface area contributed by atoms with Crippen LogP contribution in [0.4, 0.5) is 5.13 Å². The second-order valence-electron chi connectivity index (χ2n) is 5.06. The number of likely N-dealkylation sites (tertiary alicyclic amines) is 1. The summed E-state index contributed by atoms with van der Waals surface area (Å²) in [4.78, 5) is 14.8. The van der Waals surface area contributed by atoms with Crippen LogP contribution in [-0.2, 0) is 4.79 Å². The zero-order valence-corrected chi connectivity index (χ0v) is 14.0. The van der Waals surface area contributed by atoms with E-state index in [-0.39, 0.29) is 11.2 Å². The second kappa shape index (κ2) is 7.11. The fourth-order valence-electron chi connectivity index (χ4n) is 2.45. The average molecular weight is 334 g/mol. The van der Waals surface area contributed by atoms with Gasteiger partial charge in [0.25, 0.3) is 0 Å². The van der Waals surface area contributed by atoms with E-state index in [1.165, 1.54) is 23.1 Å². The summed E-state index contributed by atoms with van der Waals surface area (Å²) >= 11 is 2.96. The number of amides is 1. The van der Waals surface area contributed by atoms with Gasteiger partial charge in [-0.05, 0) is 18.4 Å². The quantitative estimate of drug-likeness (QED) is 0.852. The number of carbonyl (C=O) groups is 1. The number of nitrogens with one attached hydrogen (secondary N) is 1. The van der Waals surface area contributed by atoms with Crippen molar-refractivity contribution in [2.75, 3.05) is 25.5 Å². The largest absolute Gasteiger partial charge is 0.363 e. The maximum absolute atomic E-state index is 12.9. The van der Waals surface area contributed by atoms with E-state index in [1.54, 1.807) is 0 Å². The summed E-state index contributed by atoms with van der Waals surface area (Å²) < 4.78 is 0.811. The van der Waals surface area contributed by atoms with E-state index in [4.69, 9.17) is 0 Å². The van der Waals surface area contributed by atoms with Crippen molar-refractivity contribution in [2.45, 2.75) is 22.4 Å². The van der Waals surface area contributed by atoms with Crippen LogP contribution in [0.25, 0.3) is 0 Å². The lowest BCUT2D eigenvalue weighted by atomic mass is 10.1. The number of hydrogen-bond donors (Lipinski definition) is 1. The molecule has 1 aliphatic heterocycles. The first-order valence-corrected chi connectivity index (χ1v) is 8.99. The van der Waals surface area contributed by atoms with E-state index >= 15 is 0 Å². The number of thioether (sulfide) groups is 1. The Morgan fingerprint density at radius 1 is 1.27 bits per heavy atom. The number of nitrogens with zero attached hydrogens (tertiary/aromatic N) is 3. The molecule has 7 heteroatoms. The Morgan fingerprint density at radius 2 is 2.00 bits per heavy atom. The smallest absolute Gasteiger partial charge is 0.240 e. The molecule has 1 amide bonds. The molecule has 0 radical (unpaired) electrons. The normalized spacial score (nSPS) is 15.8. The molecule has 5 nitrogen and oxygen atoms in total. The predicted octanol–water partition coefficient (Wildman–Crippen LogP) is 3.04. The van der Waals surface area contributed by atoms with Gasteiger partial charge in [0.15, 0.2) is 4.34 Å². The third-order valence-corrected chi connectivity index (χ3v) is 5.85. The molecular formula is C15H18N4OS2. The fourth-order valence-corrected chi connectivity index (χ4v) is 4.43. The Kier molecular flexibility index (Phi) is 4.94. The molecule has 1 N–H and O–H groups in total. The van der Waals surface area contributed by atoms with Gasteiger partial charge < -0.3 is 10.2 Å². The molecule has 0 aliphatic carbocycles.